The first kappa shape index (κ1) is 14.0. The van der Waals surface area contributed by atoms with Crippen LogP contribution in [0.25, 0.3) is 0 Å². The zero-order valence-electron chi connectivity index (χ0n) is 12.3. The number of rotatable bonds is 7. The first-order valence-electron chi connectivity index (χ1n) is 7.42. The number of methoxy groups -OCH3 is 1. The van der Waals surface area contributed by atoms with E-state index in [0.29, 0.717) is 6.61 Å². The second-order valence-electron chi connectivity index (χ2n) is 5.40. The molecule has 1 N–H and O–H groups in total. The maximum atomic E-state index is 5.83. The molecular weight excluding hydrogens is 262 g/mol. The number of hydrogen-bond acceptors (Lipinski definition) is 3. The summed E-state index contributed by atoms with van der Waals surface area (Å²) < 4.78 is 11.2. The molecule has 0 bridgehead atoms. The molecule has 0 spiro atoms. The zero-order valence-corrected chi connectivity index (χ0v) is 12.3. The Bertz CT molecular complexity index is 576. The molecule has 3 nitrogen and oxygen atoms in total. The highest BCUT2D eigenvalue weighted by atomic mass is 16.5. The molecule has 0 amide bonds. The van der Waals surface area contributed by atoms with Gasteiger partial charge in [0, 0.05) is 18.2 Å². The minimum absolute atomic E-state index is 0.518. The van der Waals surface area contributed by atoms with Crippen molar-refractivity contribution < 1.29 is 9.47 Å². The van der Waals surface area contributed by atoms with Gasteiger partial charge in [0.1, 0.15) is 18.1 Å². The van der Waals surface area contributed by atoms with Gasteiger partial charge in [-0.15, -0.1) is 0 Å². The number of nitrogens with one attached hydrogen (secondary N) is 1. The van der Waals surface area contributed by atoms with Crippen LogP contribution < -0.4 is 14.8 Å². The van der Waals surface area contributed by atoms with Gasteiger partial charge in [0.15, 0.2) is 0 Å². The average molecular weight is 283 g/mol. The largest absolute Gasteiger partial charge is 0.496 e. The zero-order chi connectivity index (χ0) is 14.5. The molecule has 0 heterocycles. The Kier molecular flexibility index (Phi) is 4.41. The lowest BCUT2D eigenvalue weighted by Crippen LogP contribution is -2.15. The predicted molar refractivity (Wildman–Crippen MR) is 83.6 cm³/mol. The quantitative estimate of drug-likeness (QED) is 0.843. The first-order chi connectivity index (χ1) is 10.3. The van der Waals surface area contributed by atoms with E-state index >= 15 is 0 Å². The molecule has 2 aromatic rings. The Balaban J connectivity index is 1.54. The maximum Gasteiger partial charge on any atom is 0.125 e. The summed E-state index contributed by atoms with van der Waals surface area (Å²) in [7, 11) is 1.68. The number of para-hydroxylation sites is 1. The molecule has 0 atom stereocenters. The van der Waals surface area contributed by atoms with Crippen molar-refractivity contribution in [2.24, 2.45) is 0 Å². The lowest BCUT2D eigenvalue weighted by atomic mass is 10.2. The molecule has 0 radical (unpaired) electrons. The van der Waals surface area contributed by atoms with Crippen molar-refractivity contribution in [2.75, 3.05) is 7.11 Å². The summed E-state index contributed by atoms with van der Waals surface area (Å²) >= 11 is 0. The molecule has 0 aliphatic heterocycles. The average Bonchev–Trinajstić information content (AvgIpc) is 3.36. The molecule has 21 heavy (non-hydrogen) atoms. The van der Waals surface area contributed by atoms with Crippen LogP contribution in [0.3, 0.4) is 0 Å². The molecule has 0 saturated heterocycles. The van der Waals surface area contributed by atoms with E-state index < -0.39 is 0 Å². The highest BCUT2D eigenvalue weighted by Gasteiger charge is 2.19. The van der Waals surface area contributed by atoms with Gasteiger partial charge in [0.2, 0.25) is 0 Å². The van der Waals surface area contributed by atoms with Crippen LogP contribution in [0.1, 0.15) is 24.0 Å². The van der Waals surface area contributed by atoms with Gasteiger partial charge in [0.05, 0.1) is 7.11 Å². The monoisotopic (exact) mass is 283 g/mol. The van der Waals surface area contributed by atoms with Crippen molar-refractivity contribution in [2.45, 2.75) is 32.0 Å². The van der Waals surface area contributed by atoms with Gasteiger partial charge in [0.25, 0.3) is 0 Å². The van der Waals surface area contributed by atoms with E-state index in [1.807, 2.05) is 36.4 Å². The van der Waals surface area contributed by atoms with E-state index in [4.69, 9.17) is 9.47 Å². The maximum absolute atomic E-state index is 5.83. The Morgan fingerprint density at radius 2 is 1.81 bits per heavy atom. The summed E-state index contributed by atoms with van der Waals surface area (Å²) in [5.41, 5.74) is 2.35. The van der Waals surface area contributed by atoms with Gasteiger partial charge >= 0.3 is 0 Å². The van der Waals surface area contributed by atoms with Gasteiger partial charge in [-0.1, -0.05) is 30.3 Å². The molecule has 0 aromatic heterocycles. The van der Waals surface area contributed by atoms with Crippen LogP contribution in [0.4, 0.5) is 0 Å². The first-order valence-corrected chi connectivity index (χ1v) is 7.42. The number of ether oxygens (including phenoxy) is 2. The molecule has 1 aliphatic carbocycles. The molecule has 1 aliphatic rings. The van der Waals surface area contributed by atoms with Crippen LogP contribution in [-0.2, 0) is 13.2 Å². The van der Waals surface area contributed by atoms with Crippen LogP contribution in [0, 0.1) is 0 Å². The molecular formula is C18H21NO2. The summed E-state index contributed by atoms with van der Waals surface area (Å²) in [5, 5.41) is 3.51. The Hall–Kier alpha value is -2.00. The van der Waals surface area contributed by atoms with Crippen LogP contribution >= 0.6 is 0 Å². The SMILES string of the molecule is COc1ccccc1COc1ccc(CNC2CC2)cc1. The highest BCUT2D eigenvalue weighted by Crippen LogP contribution is 2.21. The van der Waals surface area contributed by atoms with E-state index in [-0.39, 0.29) is 0 Å². The molecule has 0 unspecified atom stereocenters. The fourth-order valence-electron chi connectivity index (χ4n) is 2.24. The van der Waals surface area contributed by atoms with Crippen molar-refractivity contribution in [1.82, 2.24) is 5.32 Å². The molecule has 3 heteroatoms. The summed E-state index contributed by atoms with van der Waals surface area (Å²) in [6, 6.07) is 17.0. The van der Waals surface area contributed by atoms with Gasteiger partial charge in [-0.3, -0.25) is 0 Å². The topological polar surface area (TPSA) is 30.5 Å². The fraction of sp³-hybridized carbons (Fsp3) is 0.333. The van der Waals surface area contributed by atoms with Crippen LogP contribution in [-0.4, -0.2) is 13.2 Å². The Labute approximate surface area is 125 Å². The van der Waals surface area contributed by atoms with Crippen molar-refractivity contribution in [3.05, 3.63) is 59.7 Å². The van der Waals surface area contributed by atoms with Crippen molar-refractivity contribution in [3.8, 4) is 11.5 Å². The smallest absolute Gasteiger partial charge is 0.125 e. The van der Waals surface area contributed by atoms with Crippen molar-refractivity contribution in [1.29, 1.82) is 0 Å². The summed E-state index contributed by atoms with van der Waals surface area (Å²) in [6.07, 6.45) is 2.64. The Morgan fingerprint density at radius 3 is 2.52 bits per heavy atom. The van der Waals surface area contributed by atoms with Gasteiger partial charge in [-0.25, -0.2) is 0 Å². The summed E-state index contributed by atoms with van der Waals surface area (Å²) in [6.45, 7) is 1.46. The number of hydrogen-bond donors (Lipinski definition) is 1. The fourth-order valence-corrected chi connectivity index (χ4v) is 2.24. The minimum atomic E-state index is 0.518. The van der Waals surface area contributed by atoms with Crippen molar-refractivity contribution in [3.63, 3.8) is 0 Å². The Morgan fingerprint density at radius 1 is 1.05 bits per heavy atom. The lowest BCUT2D eigenvalue weighted by molar-refractivity contribution is 0.296. The molecule has 1 fully saturated rings. The second-order valence-corrected chi connectivity index (χ2v) is 5.40. The second kappa shape index (κ2) is 6.64. The third kappa shape index (κ3) is 3.99. The van der Waals surface area contributed by atoms with Crippen LogP contribution in [0.5, 0.6) is 11.5 Å². The van der Waals surface area contributed by atoms with Crippen LogP contribution in [0.15, 0.2) is 48.5 Å². The highest BCUT2D eigenvalue weighted by molar-refractivity contribution is 5.33. The minimum Gasteiger partial charge on any atom is -0.496 e. The lowest BCUT2D eigenvalue weighted by Gasteiger charge is -2.10. The predicted octanol–water partition coefficient (Wildman–Crippen LogP) is 3.53. The van der Waals surface area contributed by atoms with Gasteiger partial charge < -0.3 is 14.8 Å². The molecule has 110 valence electrons. The van der Waals surface area contributed by atoms with E-state index in [1.54, 1.807) is 7.11 Å². The molecule has 1 saturated carbocycles. The van der Waals surface area contributed by atoms with Gasteiger partial charge in [-0.05, 0) is 36.6 Å². The third-order valence-electron chi connectivity index (χ3n) is 3.68. The van der Waals surface area contributed by atoms with E-state index in [1.165, 1.54) is 18.4 Å². The summed E-state index contributed by atoms with van der Waals surface area (Å²) in [4.78, 5) is 0. The van der Waals surface area contributed by atoms with Crippen LogP contribution in [0.2, 0.25) is 0 Å². The van der Waals surface area contributed by atoms with Gasteiger partial charge in [-0.2, -0.15) is 0 Å². The van der Waals surface area contributed by atoms with E-state index in [9.17, 15) is 0 Å². The normalized spacial score (nSPS) is 14.0. The standard InChI is InChI=1S/C18H21NO2/c1-20-18-5-3-2-4-15(18)13-21-17-10-6-14(7-11-17)12-19-16-8-9-16/h2-7,10-11,16,19H,8-9,12-13H2,1H3. The summed E-state index contributed by atoms with van der Waals surface area (Å²) in [5.74, 6) is 1.75. The number of benzene rings is 2. The third-order valence-corrected chi connectivity index (χ3v) is 3.68. The van der Waals surface area contributed by atoms with E-state index in [0.717, 1.165) is 29.6 Å². The molecule has 2 aromatic carbocycles. The molecule has 3 rings (SSSR count). The van der Waals surface area contributed by atoms with E-state index in [2.05, 4.69) is 17.4 Å². The van der Waals surface area contributed by atoms with Crippen molar-refractivity contribution >= 4 is 0 Å².